The second kappa shape index (κ2) is 7.89. The molecule has 0 amide bonds. The molecule has 2 aromatic carbocycles. The van der Waals surface area contributed by atoms with E-state index >= 15 is 0 Å². The molecule has 0 N–H and O–H groups in total. The van der Waals surface area contributed by atoms with Crippen LogP contribution in [0.25, 0.3) is 11.3 Å². The third-order valence-electron chi connectivity index (χ3n) is 4.57. The van der Waals surface area contributed by atoms with Crippen LogP contribution >= 0.6 is 11.3 Å². The van der Waals surface area contributed by atoms with E-state index in [4.69, 9.17) is 14.5 Å². The zero-order valence-electron chi connectivity index (χ0n) is 14.8. The van der Waals surface area contributed by atoms with Gasteiger partial charge in [-0.2, -0.15) is 0 Å². The van der Waals surface area contributed by atoms with Crippen molar-refractivity contribution in [2.45, 2.75) is 25.5 Å². The van der Waals surface area contributed by atoms with Gasteiger partial charge in [-0.05, 0) is 54.8 Å². The number of methoxy groups -OCH3 is 1. The standard InChI is InChI=1S/C21H22N2O2S/c1-24-18-11-9-16(10-12-18)20-15-26-21(22-17-6-3-2-4-7-17)23(20)14-19-8-5-13-25-19/h2-4,6-7,9-12,15,19H,5,8,13-14H2,1H3/t19-/m0/s1. The van der Waals surface area contributed by atoms with Gasteiger partial charge in [-0.3, -0.25) is 0 Å². The van der Waals surface area contributed by atoms with Crippen LogP contribution in [0.1, 0.15) is 12.8 Å². The average molecular weight is 366 g/mol. The average Bonchev–Trinajstić information content (AvgIpc) is 3.34. The summed E-state index contributed by atoms with van der Waals surface area (Å²) < 4.78 is 13.5. The van der Waals surface area contributed by atoms with Gasteiger partial charge < -0.3 is 14.0 Å². The summed E-state index contributed by atoms with van der Waals surface area (Å²) in [5.74, 6) is 0.865. The summed E-state index contributed by atoms with van der Waals surface area (Å²) in [7, 11) is 1.69. The summed E-state index contributed by atoms with van der Waals surface area (Å²) in [6.07, 6.45) is 2.50. The van der Waals surface area contributed by atoms with Crippen LogP contribution in [-0.4, -0.2) is 24.4 Å². The fourth-order valence-corrected chi connectivity index (χ4v) is 4.13. The van der Waals surface area contributed by atoms with Crippen molar-refractivity contribution in [3.05, 3.63) is 64.8 Å². The van der Waals surface area contributed by atoms with E-state index in [1.807, 2.05) is 42.5 Å². The van der Waals surface area contributed by atoms with Crippen LogP contribution in [-0.2, 0) is 11.3 Å². The highest BCUT2D eigenvalue weighted by Crippen LogP contribution is 2.25. The Hall–Kier alpha value is -2.37. The van der Waals surface area contributed by atoms with E-state index in [0.29, 0.717) is 0 Å². The van der Waals surface area contributed by atoms with Crippen molar-refractivity contribution in [2.75, 3.05) is 13.7 Å². The smallest absolute Gasteiger partial charge is 0.190 e. The minimum atomic E-state index is 0.260. The number of hydrogen-bond acceptors (Lipinski definition) is 4. The molecule has 1 aliphatic heterocycles. The molecule has 3 aromatic rings. The van der Waals surface area contributed by atoms with Crippen molar-refractivity contribution in [3.63, 3.8) is 0 Å². The van der Waals surface area contributed by atoms with Crippen LogP contribution in [0.4, 0.5) is 5.69 Å². The maximum absolute atomic E-state index is 5.88. The van der Waals surface area contributed by atoms with Gasteiger partial charge >= 0.3 is 0 Å². The largest absolute Gasteiger partial charge is 0.497 e. The van der Waals surface area contributed by atoms with Crippen molar-refractivity contribution in [2.24, 2.45) is 4.99 Å². The second-order valence-corrected chi connectivity index (χ2v) is 7.16. The van der Waals surface area contributed by atoms with Gasteiger partial charge in [-0.1, -0.05) is 18.2 Å². The quantitative estimate of drug-likeness (QED) is 0.660. The number of para-hydroxylation sites is 1. The van der Waals surface area contributed by atoms with Gasteiger partial charge in [-0.15, -0.1) is 11.3 Å². The van der Waals surface area contributed by atoms with Crippen molar-refractivity contribution in [3.8, 4) is 17.0 Å². The van der Waals surface area contributed by atoms with Crippen LogP contribution < -0.4 is 9.54 Å². The third-order valence-corrected chi connectivity index (χ3v) is 5.44. The lowest BCUT2D eigenvalue weighted by Gasteiger charge is -2.14. The molecule has 26 heavy (non-hydrogen) atoms. The molecule has 0 aliphatic carbocycles. The lowest BCUT2D eigenvalue weighted by Crippen LogP contribution is -2.24. The van der Waals surface area contributed by atoms with Crippen LogP contribution in [0.5, 0.6) is 5.75 Å². The Kier molecular flexibility index (Phi) is 5.18. The van der Waals surface area contributed by atoms with E-state index < -0.39 is 0 Å². The first-order valence-corrected chi connectivity index (χ1v) is 9.75. The molecule has 0 bridgehead atoms. The number of aromatic nitrogens is 1. The summed E-state index contributed by atoms with van der Waals surface area (Å²) in [4.78, 5) is 5.86. The van der Waals surface area contributed by atoms with E-state index in [9.17, 15) is 0 Å². The molecule has 5 heteroatoms. The first-order chi connectivity index (χ1) is 12.8. The molecule has 0 saturated carbocycles. The molecule has 4 rings (SSSR count). The molecular formula is C21H22N2O2S. The van der Waals surface area contributed by atoms with Crippen molar-refractivity contribution in [1.29, 1.82) is 0 Å². The van der Waals surface area contributed by atoms with Crippen LogP contribution in [0.15, 0.2) is 65.0 Å². The molecule has 0 spiro atoms. The van der Waals surface area contributed by atoms with Crippen LogP contribution in [0, 0.1) is 0 Å². The highest BCUT2D eigenvalue weighted by molar-refractivity contribution is 7.07. The monoisotopic (exact) mass is 366 g/mol. The van der Waals surface area contributed by atoms with Crippen LogP contribution in [0.2, 0.25) is 0 Å². The Labute approximate surface area is 157 Å². The van der Waals surface area contributed by atoms with Crippen LogP contribution in [0.3, 0.4) is 0 Å². The molecule has 1 fully saturated rings. The summed E-state index contributed by atoms with van der Waals surface area (Å²) in [6.45, 7) is 1.69. The molecule has 1 aliphatic rings. The first-order valence-electron chi connectivity index (χ1n) is 8.87. The summed E-state index contributed by atoms with van der Waals surface area (Å²) in [5, 5.41) is 2.18. The van der Waals surface area contributed by atoms with Gasteiger partial charge in [0.1, 0.15) is 5.75 Å². The van der Waals surface area contributed by atoms with Gasteiger partial charge in [-0.25, -0.2) is 4.99 Å². The number of ether oxygens (including phenoxy) is 2. The highest BCUT2D eigenvalue weighted by Gasteiger charge is 2.19. The number of rotatable bonds is 5. The van der Waals surface area contributed by atoms with Gasteiger partial charge in [0.25, 0.3) is 0 Å². The summed E-state index contributed by atoms with van der Waals surface area (Å²) in [5.41, 5.74) is 3.30. The minimum absolute atomic E-state index is 0.260. The molecule has 2 heterocycles. The van der Waals surface area contributed by atoms with E-state index in [1.54, 1.807) is 18.4 Å². The topological polar surface area (TPSA) is 35.8 Å². The fraction of sp³-hybridized carbons (Fsp3) is 0.286. The maximum atomic E-state index is 5.88. The predicted octanol–water partition coefficient (Wildman–Crippen LogP) is 4.64. The van der Waals surface area contributed by atoms with Gasteiger partial charge in [0, 0.05) is 12.0 Å². The fourth-order valence-electron chi connectivity index (χ4n) is 3.19. The molecule has 1 aromatic heterocycles. The summed E-state index contributed by atoms with van der Waals surface area (Å²) in [6, 6.07) is 18.3. The lowest BCUT2D eigenvalue weighted by molar-refractivity contribution is 0.0968. The number of nitrogens with zero attached hydrogens (tertiary/aromatic N) is 2. The third kappa shape index (κ3) is 3.74. The Balaban J connectivity index is 1.76. The van der Waals surface area contributed by atoms with Gasteiger partial charge in [0.15, 0.2) is 4.80 Å². The van der Waals surface area contributed by atoms with Crippen molar-refractivity contribution in [1.82, 2.24) is 4.57 Å². The lowest BCUT2D eigenvalue weighted by atomic mass is 10.1. The zero-order valence-corrected chi connectivity index (χ0v) is 15.6. The molecule has 1 atom stereocenters. The molecule has 0 radical (unpaired) electrons. The minimum Gasteiger partial charge on any atom is -0.497 e. The number of benzene rings is 2. The van der Waals surface area contributed by atoms with Crippen molar-refractivity contribution < 1.29 is 9.47 Å². The number of thiazole rings is 1. The van der Waals surface area contributed by atoms with E-state index in [0.717, 1.165) is 47.8 Å². The highest BCUT2D eigenvalue weighted by atomic mass is 32.1. The molecule has 1 saturated heterocycles. The van der Waals surface area contributed by atoms with Gasteiger partial charge in [0.2, 0.25) is 0 Å². The van der Waals surface area contributed by atoms with E-state index in [-0.39, 0.29) is 6.10 Å². The predicted molar refractivity (Wildman–Crippen MR) is 105 cm³/mol. The Morgan fingerprint density at radius 2 is 1.96 bits per heavy atom. The van der Waals surface area contributed by atoms with Gasteiger partial charge in [0.05, 0.1) is 31.1 Å². The van der Waals surface area contributed by atoms with E-state index in [2.05, 4.69) is 22.1 Å². The van der Waals surface area contributed by atoms with Crippen molar-refractivity contribution >= 4 is 17.0 Å². The second-order valence-electron chi connectivity index (χ2n) is 6.33. The molecular weight excluding hydrogens is 344 g/mol. The number of hydrogen-bond donors (Lipinski definition) is 0. The SMILES string of the molecule is COc1ccc(-c2csc(=Nc3ccccc3)n2C[C@@H]2CCCO2)cc1. The molecule has 4 nitrogen and oxygen atoms in total. The van der Waals surface area contributed by atoms with E-state index in [1.165, 1.54) is 5.69 Å². The molecule has 134 valence electrons. The summed E-state index contributed by atoms with van der Waals surface area (Å²) >= 11 is 1.67. The molecule has 0 unspecified atom stereocenters. The Morgan fingerprint density at radius 3 is 2.65 bits per heavy atom. The zero-order chi connectivity index (χ0) is 17.8. The maximum Gasteiger partial charge on any atom is 0.190 e. The normalized spacial score (nSPS) is 17.6. The Bertz CT molecular complexity index is 907. The Morgan fingerprint density at radius 1 is 1.15 bits per heavy atom. The first kappa shape index (κ1) is 17.1.